The van der Waals surface area contributed by atoms with Crippen LogP contribution in [0.4, 0.5) is 63.9 Å². The second-order valence-electron chi connectivity index (χ2n) is 31.3. The van der Waals surface area contributed by atoms with Crippen LogP contribution in [0.1, 0.15) is 122 Å². The predicted octanol–water partition coefficient (Wildman–Crippen LogP) is 13.3. The molecular formula is C93H104N20O10PdS. The second-order valence-corrected chi connectivity index (χ2v) is 32.5. The largest absolute Gasteiger partial charge is 0.497 e. The van der Waals surface area contributed by atoms with Crippen LogP contribution in [-0.2, 0) is 63.7 Å². The molecule has 652 valence electrons. The summed E-state index contributed by atoms with van der Waals surface area (Å²) in [7, 11) is 3.51. The van der Waals surface area contributed by atoms with Crippen molar-refractivity contribution in [1.29, 1.82) is 0 Å². The number of nitrogens with zero attached hydrogens (tertiary/aromatic N) is 11. The van der Waals surface area contributed by atoms with Crippen molar-refractivity contribution in [3.05, 3.63) is 277 Å². The second kappa shape index (κ2) is 41.9. The number of carbonyl (C=O) groups is 2. The summed E-state index contributed by atoms with van der Waals surface area (Å²) >= 11 is 0. The fourth-order valence-electron chi connectivity index (χ4n) is 13.7. The minimum absolute atomic E-state index is 0. The van der Waals surface area contributed by atoms with Crippen LogP contribution < -0.4 is 73.6 Å². The molecule has 0 bridgehead atoms. The van der Waals surface area contributed by atoms with Crippen LogP contribution >= 0.6 is 0 Å². The van der Waals surface area contributed by atoms with E-state index in [1.54, 1.807) is 48.9 Å². The van der Waals surface area contributed by atoms with Crippen molar-refractivity contribution < 1.29 is 59.4 Å². The summed E-state index contributed by atoms with van der Waals surface area (Å²) in [5, 5.41) is 27.2. The summed E-state index contributed by atoms with van der Waals surface area (Å²) in [5.41, 5.74) is 19.7. The molecule has 7 aromatic carbocycles. The van der Waals surface area contributed by atoms with Gasteiger partial charge < -0.3 is 87.5 Å². The van der Waals surface area contributed by atoms with Crippen LogP contribution in [0.15, 0.2) is 209 Å². The van der Waals surface area contributed by atoms with Gasteiger partial charge in [0.15, 0.2) is 0 Å². The summed E-state index contributed by atoms with van der Waals surface area (Å²) < 4.78 is 31.0. The molecule has 32 heteroatoms. The van der Waals surface area contributed by atoms with E-state index in [9.17, 15) is 23.4 Å². The number of rotatable bonds is 24. The number of anilines is 11. The van der Waals surface area contributed by atoms with E-state index in [4.69, 9.17) is 29.9 Å². The van der Waals surface area contributed by atoms with Gasteiger partial charge in [0.2, 0.25) is 23.0 Å². The van der Waals surface area contributed by atoms with Gasteiger partial charge in [-0.25, -0.2) is 24.9 Å². The van der Waals surface area contributed by atoms with Crippen molar-refractivity contribution in [1.82, 2.24) is 59.2 Å². The zero-order chi connectivity index (χ0) is 84.9. The van der Waals surface area contributed by atoms with Gasteiger partial charge >= 0.3 is 0 Å². The molecule has 13 aromatic rings. The monoisotopic (exact) mass is 1800 g/mol. The summed E-state index contributed by atoms with van der Waals surface area (Å²) in [6, 6.07) is 60.4. The Balaban J connectivity index is 0.000000149. The zero-order valence-corrected chi connectivity index (χ0v) is 73.2. The number of hydrogen-bond donors (Lipinski definition) is 9. The molecule has 14 N–H and O–H groups in total. The van der Waals surface area contributed by atoms with E-state index in [-0.39, 0.29) is 59.5 Å². The topological polar surface area (TPSA) is 415 Å². The first-order valence-corrected chi connectivity index (χ1v) is 42.6. The number of ether oxygens (including phenoxy) is 3. The van der Waals surface area contributed by atoms with Gasteiger partial charge in [-0.05, 0) is 215 Å². The Bertz CT molecular complexity index is 6130. The molecule has 0 radical (unpaired) electrons. The average Bonchev–Trinajstić information content (AvgIpc) is 1.77. The van der Waals surface area contributed by atoms with Crippen LogP contribution in [0.2, 0.25) is 0 Å². The molecule has 0 spiro atoms. The molecule has 8 heterocycles. The minimum Gasteiger partial charge on any atom is -0.497 e. The van der Waals surface area contributed by atoms with Crippen LogP contribution in [0.3, 0.4) is 0 Å². The molecule has 4 fully saturated rings. The van der Waals surface area contributed by atoms with E-state index in [2.05, 4.69) is 72.4 Å². The van der Waals surface area contributed by atoms with Crippen molar-refractivity contribution in [2.45, 2.75) is 141 Å². The molecule has 6 aliphatic rings. The van der Waals surface area contributed by atoms with Gasteiger partial charge in [-0.1, -0.05) is 84.9 Å². The van der Waals surface area contributed by atoms with Gasteiger partial charge in [-0.15, -0.1) is 0 Å². The van der Waals surface area contributed by atoms with Crippen LogP contribution in [0.5, 0.6) is 17.2 Å². The molecule has 6 aromatic heterocycles. The molecule has 4 saturated carbocycles. The number of amides is 2. The Labute approximate surface area is 740 Å². The maximum atomic E-state index is 13.5. The molecular weight excluding hydrogens is 1700 g/mol. The quantitative estimate of drug-likeness (QED) is 0.0200. The Kier molecular flexibility index (Phi) is 30.5. The number of benzene rings is 7. The van der Waals surface area contributed by atoms with Crippen LogP contribution in [0, 0.1) is 27.7 Å². The molecule has 125 heavy (non-hydrogen) atoms. The number of fused-ring (bicyclic) bond motifs is 4. The van der Waals surface area contributed by atoms with Crippen molar-refractivity contribution in [3.63, 3.8) is 0 Å². The zero-order valence-electron chi connectivity index (χ0n) is 70.9. The average molecular weight is 1800 g/mol. The van der Waals surface area contributed by atoms with E-state index in [1.165, 1.54) is 19.1 Å². The number of nitrogens with two attached hydrogens (primary N) is 1. The van der Waals surface area contributed by atoms with Gasteiger partial charge in [-0.3, -0.25) is 23.4 Å². The number of aromatic nitrogens is 10. The number of aryl methyl sites for hydroxylation is 4. The Hall–Kier alpha value is -13.1. The Morgan fingerprint density at radius 3 is 1.18 bits per heavy atom. The summed E-state index contributed by atoms with van der Waals surface area (Å²) in [5.74, 6) is 5.92. The first-order chi connectivity index (χ1) is 59.2. The van der Waals surface area contributed by atoms with E-state index in [0.29, 0.717) is 137 Å². The standard InChI is InChI=1S/C25H27N5O2.C25H25N5O2.C23H22N4O3S.C17H19N5O.C3H7N.2H2O.Pd/c2*1-16-4-3-5-19(14-16)26-23-22-21(28-25(29-23)27-18-8-9-18)12-13-30(24(22)31)15-17-6-10-20(32-2)11-7-17;1-15-5-4-6-17(13-15)24-21-20-19(25-23(26-21)31(3)29)11-12-27(22(20)28)14-16-7-9-18(30-2)10-8-16;1-10-3-2-4-12(9-10)19-15-14-13(7-8-18-16(14)23)21-17(22-15)20-11-5-6-11;4-3-1-2-3;;;/h3-7,10-11,14,18H,8-9,12-13,15H2,1-2H3,(H2,26,27,28,29);3-7,10-14,18H,8-9,15H2,1-2H3,(H2,26,27,28,29);4-13H,14H2,1-3H3,(H,24,25,26);2-4,9,11H,5-8H2,1H3,(H,18,23)(H2,19,20,21,22);3H,1-2,4H2;2*1H2;. The van der Waals surface area contributed by atoms with Crippen molar-refractivity contribution >= 4 is 108 Å². The van der Waals surface area contributed by atoms with Crippen LogP contribution in [0.25, 0.3) is 21.8 Å². The summed E-state index contributed by atoms with van der Waals surface area (Å²) in [4.78, 5) is 91.0. The van der Waals surface area contributed by atoms with Gasteiger partial charge in [0.05, 0.1) is 67.6 Å². The normalized spacial score (nSPS) is 14.1. The van der Waals surface area contributed by atoms with Crippen molar-refractivity contribution in [2.75, 3.05) is 77.9 Å². The molecule has 0 saturated heterocycles. The molecule has 1 atom stereocenters. The molecule has 2 amide bonds. The van der Waals surface area contributed by atoms with E-state index >= 15 is 0 Å². The van der Waals surface area contributed by atoms with Gasteiger partial charge in [0.1, 0.15) is 62.4 Å². The number of methoxy groups -OCH3 is 3. The third kappa shape index (κ3) is 24.5. The van der Waals surface area contributed by atoms with Gasteiger partial charge in [0, 0.05) is 118 Å². The number of hydrogen-bond acceptors (Lipinski definition) is 24. The third-order valence-corrected chi connectivity index (χ3v) is 21.6. The van der Waals surface area contributed by atoms with E-state index in [0.717, 1.165) is 135 Å². The number of pyridine rings is 2. The molecule has 2 aliphatic heterocycles. The minimum atomic E-state index is -1.39. The molecule has 19 rings (SSSR count). The maximum Gasteiger partial charge on any atom is 0.264 e. The van der Waals surface area contributed by atoms with Gasteiger partial charge in [-0.2, -0.15) is 15.0 Å². The fraction of sp³-hybridized carbons (Fsp3) is 0.290. The fourth-order valence-corrected chi connectivity index (χ4v) is 14.2. The first-order valence-electron chi connectivity index (χ1n) is 41.0. The van der Waals surface area contributed by atoms with Crippen molar-refractivity contribution in [2.24, 2.45) is 5.73 Å². The Morgan fingerprint density at radius 1 is 0.440 bits per heavy atom. The van der Waals surface area contributed by atoms with Gasteiger partial charge in [0.25, 0.3) is 22.9 Å². The first kappa shape index (κ1) is 91.1. The molecule has 4 aliphatic carbocycles. The van der Waals surface area contributed by atoms with E-state index in [1.807, 2.05) is 209 Å². The van der Waals surface area contributed by atoms with Crippen LogP contribution in [-0.4, -0.2) is 146 Å². The van der Waals surface area contributed by atoms with Crippen molar-refractivity contribution in [3.8, 4) is 17.2 Å². The maximum absolute atomic E-state index is 13.5. The number of carbonyl (C=O) groups excluding carboxylic acids is 2. The molecule has 30 nitrogen and oxygen atoms in total. The molecule has 1 unspecified atom stereocenters. The smallest absolute Gasteiger partial charge is 0.264 e. The SMILES string of the molecule is COc1ccc(CN2CCc3nc(NC4CC4)nc(Nc4cccc(C)c4)c3C2=O)cc1.COc1ccc(Cn2ccc3nc(NC4CC4)nc(Nc4cccc(C)c4)c3c2=O)cc1.COc1ccc(Cn2ccc3nc(S(C)=O)nc(Nc4cccc(C)c4)c3c2=O)cc1.Cc1cccc(Nc2nc(NC3CC3)nc3c2C(=O)NCC3)c1.NC1CC1.O.O.[Pd]. The van der Waals surface area contributed by atoms with E-state index < -0.39 is 10.8 Å². The predicted molar refractivity (Wildman–Crippen MR) is 488 cm³/mol. The third-order valence-electron chi connectivity index (χ3n) is 20.9. The Morgan fingerprint density at radius 2 is 0.800 bits per heavy atom. The number of nitrogens with one attached hydrogen (secondary N) is 8. The summed E-state index contributed by atoms with van der Waals surface area (Å²) in [6.45, 7) is 10.7. The summed E-state index contributed by atoms with van der Waals surface area (Å²) in [6.07, 6.45) is 15.8.